The van der Waals surface area contributed by atoms with Gasteiger partial charge in [0.1, 0.15) is 11.6 Å². The van der Waals surface area contributed by atoms with E-state index in [1.165, 1.54) is 0 Å². The third-order valence-electron chi connectivity index (χ3n) is 2.41. The zero-order valence-corrected chi connectivity index (χ0v) is 7.64. The van der Waals surface area contributed by atoms with Crippen LogP contribution in [0, 0.1) is 5.92 Å². The molecule has 1 atom stereocenters. The number of hydrogen-bond donors (Lipinski definition) is 0. The predicted octanol–water partition coefficient (Wildman–Crippen LogP) is 2.11. The minimum Gasteiger partial charge on any atom is -0.300 e. The Morgan fingerprint density at radius 3 is 2.92 bits per heavy atom. The normalized spacial score (nSPS) is 25.1. The first kappa shape index (κ1) is 9.43. The second-order valence-electron chi connectivity index (χ2n) is 3.76. The first-order valence-electron chi connectivity index (χ1n) is 4.69. The third-order valence-corrected chi connectivity index (χ3v) is 2.41. The molecule has 0 heterocycles. The van der Waals surface area contributed by atoms with E-state index in [9.17, 15) is 9.59 Å². The minimum absolute atomic E-state index is 0.217. The predicted molar refractivity (Wildman–Crippen MR) is 46.9 cm³/mol. The largest absolute Gasteiger partial charge is 0.300 e. The van der Waals surface area contributed by atoms with Gasteiger partial charge in [-0.05, 0) is 25.7 Å². The van der Waals surface area contributed by atoms with Crippen LogP contribution in [-0.2, 0) is 9.59 Å². The number of carbonyl (C=O) groups is 2. The van der Waals surface area contributed by atoms with Gasteiger partial charge < -0.3 is 4.79 Å². The van der Waals surface area contributed by atoms with Crippen LogP contribution in [0.25, 0.3) is 0 Å². The van der Waals surface area contributed by atoms with Crippen molar-refractivity contribution in [2.45, 2.75) is 45.4 Å². The van der Waals surface area contributed by atoms with Gasteiger partial charge in [-0.25, -0.2) is 0 Å². The molecule has 0 saturated heterocycles. The molecule has 0 N–H and O–H groups in total. The highest BCUT2D eigenvalue weighted by Crippen LogP contribution is 2.23. The molecule has 1 rings (SSSR count). The third kappa shape index (κ3) is 3.16. The van der Waals surface area contributed by atoms with Crippen molar-refractivity contribution in [2.75, 3.05) is 0 Å². The maximum absolute atomic E-state index is 11.2. The molecule has 1 unspecified atom stereocenters. The summed E-state index contributed by atoms with van der Waals surface area (Å²) in [6, 6.07) is 0. The molecule has 0 aliphatic heterocycles. The summed E-state index contributed by atoms with van der Waals surface area (Å²) in [7, 11) is 0. The van der Waals surface area contributed by atoms with E-state index in [0.29, 0.717) is 24.5 Å². The van der Waals surface area contributed by atoms with Gasteiger partial charge in [-0.15, -0.1) is 0 Å². The Bertz CT molecular complexity index is 184. The van der Waals surface area contributed by atoms with Gasteiger partial charge in [0.25, 0.3) is 0 Å². The summed E-state index contributed by atoms with van der Waals surface area (Å²) in [5.74, 6) is 0.908. The molecular formula is C10H16O2. The number of hydrogen-bond acceptors (Lipinski definition) is 2. The van der Waals surface area contributed by atoms with E-state index in [-0.39, 0.29) is 5.78 Å². The fourth-order valence-electron chi connectivity index (χ4n) is 1.86. The summed E-state index contributed by atoms with van der Waals surface area (Å²) in [5, 5.41) is 0. The van der Waals surface area contributed by atoms with Crippen molar-refractivity contribution in [3.05, 3.63) is 0 Å². The lowest BCUT2D eigenvalue weighted by Gasteiger charge is -2.09. The first-order chi connectivity index (χ1) is 5.68. The Kier molecular flexibility index (Phi) is 3.45. The van der Waals surface area contributed by atoms with Gasteiger partial charge in [0.2, 0.25) is 0 Å². The van der Waals surface area contributed by atoms with E-state index in [4.69, 9.17) is 0 Å². The monoisotopic (exact) mass is 168 g/mol. The van der Waals surface area contributed by atoms with Crippen LogP contribution in [0.2, 0.25) is 0 Å². The molecule has 0 spiro atoms. The van der Waals surface area contributed by atoms with Crippen LogP contribution < -0.4 is 0 Å². The zero-order chi connectivity index (χ0) is 8.97. The molecule has 68 valence electrons. The van der Waals surface area contributed by atoms with Crippen molar-refractivity contribution in [3.8, 4) is 0 Å². The molecule has 1 aliphatic carbocycles. The number of rotatable bonds is 2. The average molecular weight is 168 g/mol. The molecule has 0 aromatic heterocycles. The van der Waals surface area contributed by atoms with Crippen LogP contribution in [0.3, 0.4) is 0 Å². The molecule has 1 saturated carbocycles. The molecule has 0 aromatic carbocycles. The summed E-state index contributed by atoms with van der Waals surface area (Å²) in [4.78, 5) is 22.0. The lowest BCUT2D eigenvalue weighted by molar-refractivity contribution is -0.120. The highest BCUT2D eigenvalue weighted by molar-refractivity contribution is 5.80. The van der Waals surface area contributed by atoms with E-state index in [0.717, 1.165) is 25.7 Å². The molecule has 2 nitrogen and oxygen atoms in total. The molecule has 1 aliphatic rings. The molecule has 0 amide bonds. The smallest absolute Gasteiger partial charge is 0.133 e. The van der Waals surface area contributed by atoms with Gasteiger partial charge in [-0.1, -0.05) is 6.42 Å². The summed E-state index contributed by atoms with van der Waals surface area (Å²) < 4.78 is 0. The lowest BCUT2D eigenvalue weighted by Crippen LogP contribution is -2.08. The van der Waals surface area contributed by atoms with Gasteiger partial charge in [0.05, 0.1) is 0 Å². The molecule has 0 bridgehead atoms. The van der Waals surface area contributed by atoms with Gasteiger partial charge in [-0.3, -0.25) is 4.79 Å². The Morgan fingerprint density at radius 1 is 1.50 bits per heavy atom. The first-order valence-corrected chi connectivity index (χ1v) is 4.69. The number of carbonyl (C=O) groups excluding carboxylic acids is 2. The molecular weight excluding hydrogens is 152 g/mol. The molecule has 0 aromatic rings. The van der Waals surface area contributed by atoms with Crippen molar-refractivity contribution >= 4 is 11.6 Å². The van der Waals surface area contributed by atoms with E-state index < -0.39 is 0 Å². The summed E-state index contributed by atoms with van der Waals surface area (Å²) in [6.07, 6.45) is 5.17. The highest BCUT2D eigenvalue weighted by Gasteiger charge is 2.18. The van der Waals surface area contributed by atoms with E-state index in [1.807, 2.05) is 0 Å². The second-order valence-corrected chi connectivity index (χ2v) is 3.76. The molecule has 1 fully saturated rings. The maximum atomic E-state index is 11.2. The fourth-order valence-corrected chi connectivity index (χ4v) is 1.86. The maximum Gasteiger partial charge on any atom is 0.133 e. The van der Waals surface area contributed by atoms with Gasteiger partial charge in [-0.2, -0.15) is 0 Å². The number of Topliss-reactive ketones (excluding diaryl/α,β-unsaturated/α-hetero) is 2. The van der Waals surface area contributed by atoms with Crippen LogP contribution >= 0.6 is 0 Å². The quantitative estimate of drug-likeness (QED) is 0.592. The van der Waals surface area contributed by atoms with Gasteiger partial charge in [0, 0.05) is 19.3 Å². The van der Waals surface area contributed by atoms with Crippen LogP contribution in [0.4, 0.5) is 0 Å². The van der Waals surface area contributed by atoms with E-state index in [2.05, 4.69) is 0 Å². The standard InChI is InChI=1S/C10H16O2/c1-8(11)6-9-4-2-3-5-10(12)7-9/h9H,2-7H2,1H3. The Hall–Kier alpha value is -0.660. The van der Waals surface area contributed by atoms with Crippen LogP contribution in [0.5, 0.6) is 0 Å². The molecule has 0 radical (unpaired) electrons. The van der Waals surface area contributed by atoms with Gasteiger partial charge in [0.15, 0.2) is 0 Å². The van der Waals surface area contributed by atoms with Crippen LogP contribution in [-0.4, -0.2) is 11.6 Å². The lowest BCUT2D eigenvalue weighted by atomic mass is 9.94. The van der Waals surface area contributed by atoms with E-state index >= 15 is 0 Å². The van der Waals surface area contributed by atoms with Crippen molar-refractivity contribution in [1.29, 1.82) is 0 Å². The molecule has 2 heteroatoms. The summed E-state index contributed by atoms with van der Waals surface area (Å²) in [5.41, 5.74) is 0. The Labute approximate surface area is 73.3 Å². The van der Waals surface area contributed by atoms with Crippen LogP contribution in [0.15, 0.2) is 0 Å². The van der Waals surface area contributed by atoms with Crippen molar-refractivity contribution in [1.82, 2.24) is 0 Å². The topological polar surface area (TPSA) is 34.1 Å². The fraction of sp³-hybridized carbons (Fsp3) is 0.800. The van der Waals surface area contributed by atoms with E-state index in [1.54, 1.807) is 6.92 Å². The summed E-state index contributed by atoms with van der Waals surface area (Å²) >= 11 is 0. The summed E-state index contributed by atoms with van der Waals surface area (Å²) in [6.45, 7) is 1.61. The average Bonchev–Trinajstić information content (AvgIpc) is 2.12. The van der Waals surface area contributed by atoms with Crippen molar-refractivity contribution < 1.29 is 9.59 Å². The van der Waals surface area contributed by atoms with Crippen molar-refractivity contribution in [3.63, 3.8) is 0 Å². The highest BCUT2D eigenvalue weighted by atomic mass is 16.1. The van der Waals surface area contributed by atoms with Crippen molar-refractivity contribution in [2.24, 2.45) is 5.92 Å². The Morgan fingerprint density at radius 2 is 2.25 bits per heavy atom. The SMILES string of the molecule is CC(=O)CC1CCCCC(=O)C1. The Balaban J connectivity index is 2.41. The molecule has 12 heavy (non-hydrogen) atoms. The minimum atomic E-state index is 0.217. The van der Waals surface area contributed by atoms with Gasteiger partial charge >= 0.3 is 0 Å². The van der Waals surface area contributed by atoms with Crippen LogP contribution in [0.1, 0.15) is 45.4 Å². The second kappa shape index (κ2) is 4.39. The zero-order valence-electron chi connectivity index (χ0n) is 7.64. The number of ketones is 2.